The van der Waals surface area contributed by atoms with Crippen LogP contribution in [0.5, 0.6) is 0 Å². The maximum Gasteiger partial charge on any atom is 0.343 e. The minimum absolute atomic E-state index is 0.0801. The van der Waals surface area contributed by atoms with Crippen LogP contribution < -0.4 is 5.69 Å². The van der Waals surface area contributed by atoms with E-state index in [9.17, 15) is 4.79 Å². The fourth-order valence-electron chi connectivity index (χ4n) is 2.26. The number of aromatic nitrogens is 5. The quantitative estimate of drug-likeness (QED) is 0.662. The van der Waals surface area contributed by atoms with E-state index in [2.05, 4.69) is 20.4 Å². The molecule has 0 bridgehead atoms. The Kier molecular flexibility index (Phi) is 5.14. The Hall–Kier alpha value is -2.35. The number of hydrogen-bond donors (Lipinski definition) is 1. The van der Waals surface area contributed by atoms with Crippen molar-refractivity contribution in [2.24, 2.45) is 0 Å². The molecule has 2 heterocycles. The number of benzene rings is 1. The van der Waals surface area contributed by atoms with Crippen LogP contribution in [-0.4, -0.2) is 25.0 Å². The first kappa shape index (κ1) is 16.5. The molecule has 0 aliphatic heterocycles. The van der Waals surface area contributed by atoms with Gasteiger partial charge >= 0.3 is 5.69 Å². The van der Waals surface area contributed by atoms with Crippen LogP contribution in [0.1, 0.15) is 36.4 Å². The molecule has 7 nitrogen and oxygen atoms in total. The van der Waals surface area contributed by atoms with Crippen LogP contribution >= 0.6 is 11.8 Å². The zero-order valence-electron chi connectivity index (χ0n) is 13.6. The van der Waals surface area contributed by atoms with Gasteiger partial charge in [0.1, 0.15) is 0 Å². The van der Waals surface area contributed by atoms with Gasteiger partial charge in [0.05, 0.1) is 5.25 Å². The molecule has 3 rings (SSSR count). The van der Waals surface area contributed by atoms with Gasteiger partial charge in [-0.1, -0.05) is 49.0 Å². The molecule has 8 heteroatoms. The van der Waals surface area contributed by atoms with Crippen LogP contribution in [0.4, 0.5) is 0 Å². The summed E-state index contributed by atoms with van der Waals surface area (Å²) >= 11 is 1.43. The Morgan fingerprint density at radius 3 is 2.79 bits per heavy atom. The maximum absolute atomic E-state index is 12.0. The molecular formula is C16H19N5O2S. The van der Waals surface area contributed by atoms with Gasteiger partial charge in [0, 0.05) is 13.0 Å². The van der Waals surface area contributed by atoms with Gasteiger partial charge in [-0.15, -0.1) is 15.3 Å². The highest BCUT2D eigenvalue weighted by Gasteiger charge is 2.19. The molecule has 24 heavy (non-hydrogen) atoms. The number of nitrogens with one attached hydrogen (secondary N) is 1. The second-order valence-electron chi connectivity index (χ2n) is 5.35. The molecule has 0 spiro atoms. The molecule has 0 saturated carbocycles. The predicted octanol–water partition coefficient (Wildman–Crippen LogP) is 2.61. The zero-order valence-corrected chi connectivity index (χ0v) is 14.4. The minimum Gasteiger partial charge on any atom is -0.424 e. The highest BCUT2D eigenvalue weighted by Crippen LogP contribution is 2.32. The number of aryl methyl sites for hydroxylation is 2. The molecule has 3 aromatic rings. The van der Waals surface area contributed by atoms with Crippen LogP contribution in [0.2, 0.25) is 0 Å². The third kappa shape index (κ3) is 3.76. The molecule has 2 aromatic heterocycles. The van der Waals surface area contributed by atoms with Crippen molar-refractivity contribution in [3.63, 3.8) is 0 Å². The van der Waals surface area contributed by atoms with Crippen LogP contribution in [0, 0.1) is 0 Å². The summed E-state index contributed by atoms with van der Waals surface area (Å²) < 4.78 is 7.22. The molecule has 0 aliphatic rings. The summed E-state index contributed by atoms with van der Waals surface area (Å²) in [6.45, 7) is 4.49. The van der Waals surface area contributed by atoms with Crippen molar-refractivity contribution in [2.75, 3.05) is 0 Å². The first-order valence-electron chi connectivity index (χ1n) is 7.85. The Morgan fingerprint density at radius 2 is 2.08 bits per heavy atom. The van der Waals surface area contributed by atoms with E-state index < -0.39 is 0 Å². The van der Waals surface area contributed by atoms with Gasteiger partial charge in [-0.05, 0) is 18.9 Å². The van der Waals surface area contributed by atoms with Gasteiger partial charge in [-0.3, -0.25) is 4.57 Å². The number of hydrogen-bond acceptors (Lipinski definition) is 6. The van der Waals surface area contributed by atoms with Gasteiger partial charge in [-0.25, -0.2) is 9.89 Å². The maximum atomic E-state index is 12.0. The van der Waals surface area contributed by atoms with Gasteiger partial charge in [0.15, 0.2) is 5.16 Å². The molecule has 0 fully saturated rings. The number of H-pyrrole nitrogens is 1. The van der Waals surface area contributed by atoms with E-state index in [1.807, 2.05) is 44.2 Å². The summed E-state index contributed by atoms with van der Waals surface area (Å²) in [4.78, 5) is 12.0. The summed E-state index contributed by atoms with van der Waals surface area (Å²) in [6.07, 6.45) is 1.47. The largest absolute Gasteiger partial charge is 0.424 e. The molecule has 0 saturated heterocycles. The smallest absolute Gasteiger partial charge is 0.343 e. The SMILES string of the molecule is CCc1nnc([C@@H](C)Sc2n[nH]c(=O)n2CCc2ccccc2)o1. The third-order valence-electron chi connectivity index (χ3n) is 3.61. The fraction of sp³-hybridized carbons (Fsp3) is 0.375. The molecule has 0 unspecified atom stereocenters. The minimum atomic E-state index is -0.208. The van der Waals surface area contributed by atoms with Crippen LogP contribution in [0.25, 0.3) is 0 Å². The highest BCUT2D eigenvalue weighted by molar-refractivity contribution is 7.99. The lowest BCUT2D eigenvalue weighted by atomic mass is 10.1. The summed E-state index contributed by atoms with van der Waals surface area (Å²) in [5, 5.41) is 15.2. The van der Waals surface area contributed by atoms with Crippen molar-refractivity contribution in [2.45, 2.75) is 43.6 Å². The fourth-order valence-corrected chi connectivity index (χ4v) is 3.17. The molecule has 1 N–H and O–H groups in total. The van der Waals surface area contributed by atoms with E-state index in [-0.39, 0.29) is 10.9 Å². The van der Waals surface area contributed by atoms with Crippen LogP contribution in [0.3, 0.4) is 0 Å². The van der Waals surface area contributed by atoms with E-state index in [0.717, 1.165) is 6.42 Å². The van der Waals surface area contributed by atoms with E-state index in [1.54, 1.807) is 4.57 Å². The second kappa shape index (κ2) is 7.48. The Bertz CT molecular complexity index is 840. The summed E-state index contributed by atoms with van der Waals surface area (Å²) in [6, 6.07) is 10.1. The number of thioether (sulfide) groups is 1. The average Bonchev–Trinajstić information content (AvgIpc) is 3.21. The van der Waals surface area contributed by atoms with E-state index in [4.69, 9.17) is 4.42 Å². The lowest BCUT2D eigenvalue weighted by Crippen LogP contribution is -2.19. The first-order chi connectivity index (χ1) is 11.7. The van der Waals surface area contributed by atoms with Gasteiger partial charge in [-0.2, -0.15) is 0 Å². The van der Waals surface area contributed by atoms with Crippen molar-refractivity contribution >= 4 is 11.8 Å². The van der Waals surface area contributed by atoms with E-state index in [1.165, 1.54) is 17.3 Å². The lowest BCUT2D eigenvalue weighted by molar-refractivity contribution is 0.455. The normalized spacial score (nSPS) is 12.4. The molecule has 0 amide bonds. The van der Waals surface area contributed by atoms with Crippen molar-refractivity contribution < 1.29 is 4.42 Å². The van der Waals surface area contributed by atoms with E-state index in [0.29, 0.717) is 29.9 Å². The number of aromatic amines is 1. The average molecular weight is 345 g/mol. The number of rotatable bonds is 7. The molecule has 1 atom stereocenters. The van der Waals surface area contributed by atoms with Gasteiger partial charge in [0.2, 0.25) is 11.8 Å². The molecule has 0 radical (unpaired) electrons. The molecule has 1 aromatic carbocycles. The Morgan fingerprint density at radius 1 is 1.29 bits per heavy atom. The van der Waals surface area contributed by atoms with Crippen molar-refractivity contribution in [3.05, 3.63) is 58.2 Å². The molecule has 126 valence electrons. The van der Waals surface area contributed by atoms with Crippen molar-refractivity contribution in [3.8, 4) is 0 Å². The highest BCUT2D eigenvalue weighted by atomic mass is 32.2. The Balaban J connectivity index is 1.71. The second-order valence-corrected chi connectivity index (χ2v) is 6.65. The van der Waals surface area contributed by atoms with E-state index >= 15 is 0 Å². The standard InChI is InChI=1S/C16H19N5O2S/c1-3-13-17-18-14(23-13)11(2)24-16-20-19-15(22)21(16)10-9-12-7-5-4-6-8-12/h4-8,11H,3,9-10H2,1-2H3,(H,19,22)/t11-/m1/s1. The monoisotopic (exact) mass is 345 g/mol. The Labute approximate surface area is 143 Å². The first-order valence-corrected chi connectivity index (χ1v) is 8.73. The third-order valence-corrected chi connectivity index (χ3v) is 4.68. The summed E-state index contributed by atoms with van der Waals surface area (Å²) in [5.74, 6) is 1.16. The molecular weight excluding hydrogens is 326 g/mol. The molecule has 0 aliphatic carbocycles. The zero-order chi connectivity index (χ0) is 16.9. The van der Waals surface area contributed by atoms with Gasteiger partial charge < -0.3 is 4.42 Å². The van der Waals surface area contributed by atoms with Gasteiger partial charge in [0.25, 0.3) is 0 Å². The predicted molar refractivity (Wildman–Crippen MR) is 90.9 cm³/mol. The lowest BCUT2D eigenvalue weighted by Gasteiger charge is -2.08. The van der Waals surface area contributed by atoms with Crippen LogP contribution in [-0.2, 0) is 19.4 Å². The number of nitrogens with zero attached hydrogens (tertiary/aromatic N) is 4. The van der Waals surface area contributed by atoms with Crippen LogP contribution in [0.15, 0.2) is 44.7 Å². The topological polar surface area (TPSA) is 89.6 Å². The summed E-state index contributed by atoms with van der Waals surface area (Å²) in [5.41, 5.74) is 0.972. The van der Waals surface area contributed by atoms with Crippen molar-refractivity contribution in [1.29, 1.82) is 0 Å². The summed E-state index contributed by atoms with van der Waals surface area (Å²) in [7, 11) is 0. The van der Waals surface area contributed by atoms with Crippen molar-refractivity contribution in [1.82, 2.24) is 25.0 Å².